The summed E-state index contributed by atoms with van der Waals surface area (Å²) in [5.74, 6) is 0.137. The van der Waals surface area contributed by atoms with Crippen molar-refractivity contribution in [3.05, 3.63) is 75.5 Å². The zero-order valence-corrected chi connectivity index (χ0v) is 18.2. The van der Waals surface area contributed by atoms with Gasteiger partial charge in [0.25, 0.3) is 0 Å². The summed E-state index contributed by atoms with van der Waals surface area (Å²) >= 11 is 0. The Kier molecular flexibility index (Phi) is 4.62. The zero-order valence-electron chi connectivity index (χ0n) is 18.2. The Morgan fingerprint density at radius 3 is 2.33 bits per heavy atom. The second kappa shape index (κ2) is 7.09. The van der Waals surface area contributed by atoms with Crippen molar-refractivity contribution in [2.45, 2.75) is 65.1 Å². The number of aliphatic hydroxyl groups excluding tert-OH is 1. The molecular formula is C27H30O3. The number of allylic oxidation sites excluding steroid dienone is 1. The number of fused-ring (bicyclic) bond motifs is 5. The number of aryl methyl sites for hydroxylation is 4. The normalized spacial score (nSPS) is 29.7. The van der Waals surface area contributed by atoms with Crippen molar-refractivity contribution < 1.29 is 14.6 Å². The largest absolute Gasteiger partial charge is 0.511 e. The molecule has 0 aromatic heterocycles. The standard InChI is InChI=1S/C27H30O3/c1-5-16-11-15(4)12-17(6-2)21(16)23-25(28)22-20-13-19(18-9-7-8-14(3)10-18)27(30-20)24(22)26(23)29/h7-12,19-20,22,24,27,29H,5-6,13H2,1-4H3/t19-,20-,22-,24+,27+/m0/s1. The number of carbonyl (C=O) groups excluding carboxylic acids is 1. The minimum Gasteiger partial charge on any atom is -0.511 e. The molecule has 2 fully saturated rings. The third kappa shape index (κ3) is 2.71. The molecule has 0 unspecified atom stereocenters. The van der Waals surface area contributed by atoms with Gasteiger partial charge < -0.3 is 9.84 Å². The quantitative estimate of drug-likeness (QED) is 0.738. The monoisotopic (exact) mass is 402 g/mol. The van der Waals surface area contributed by atoms with Crippen molar-refractivity contribution in [2.75, 3.05) is 0 Å². The van der Waals surface area contributed by atoms with Crippen molar-refractivity contribution in [3.8, 4) is 0 Å². The van der Waals surface area contributed by atoms with E-state index in [1.165, 1.54) is 16.7 Å². The smallest absolute Gasteiger partial charge is 0.173 e. The van der Waals surface area contributed by atoms with E-state index in [0.29, 0.717) is 5.57 Å². The first-order valence-corrected chi connectivity index (χ1v) is 11.3. The number of aliphatic hydroxyl groups is 1. The molecule has 5 atom stereocenters. The molecule has 0 radical (unpaired) electrons. The van der Waals surface area contributed by atoms with E-state index in [0.717, 1.165) is 36.0 Å². The van der Waals surface area contributed by atoms with Crippen LogP contribution in [0.4, 0.5) is 0 Å². The van der Waals surface area contributed by atoms with Gasteiger partial charge in [-0.25, -0.2) is 0 Å². The third-order valence-corrected chi connectivity index (χ3v) is 7.41. The minimum atomic E-state index is -0.234. The summed E-state index contributed by atoms with van der Waals surface area (Å²) in [6.45, 7) is 8.44. The second-order valence-electron chi connectivity index (χ2n) is 9.24. The molecule has 2 bridgehead atoms. The lowest BCUT2D eigenvalue weighted by Gasteiger charge is -2.28. The van der Waals surface area contributed by atoms with Crippen molar-refractivity contribution >= 4 is 11.4 Å². The highest BCUT2D eigenvalue weighted by atomic mass is 16.5. The van der Waals surface area contributed by atoms with Crippen LogP contribution in [0.15, 0.2) is 42.2 Å². The van der Waals surface area contributed by atoms with Crippen LogP contribution < -0.4 is 0 Å². The molecule has 0 amide bonds. The molecule has 2 aromatic rings. The molecule has 5 rings (SSSR count). The van der Waals surface area contributed by atoms with Gasteiger partial charge >= 0.3 is 0 Å². The maximum atomic E-state index is 13.6. The SMILES string of the molecule is CCc1cc(C)cc(CC)c1C1=C(O)[C@@H]2[C@@H]3O[C@@H](C[C@H]3c3cccc(C)c3)[C@@H]2C1=O. The summed E-state index contributed by atoms with van der Waals surface area (Å²) in [6.07, 6.45) is 2.33. The van der Waals surface area contributed by atoms with E-state index in [-0.39, 0.29) is 41.5 Å². The summed E-state index contributed by atoms with van der Waals surface area (Å²) in [5, 5.41) is 11.4. The van der Waals surface area contributed by atoms with Gasteiger partial charge in [0.1, 0.15) is 5.76 Å². The van der Waals surface area contributed by atoms with Crippen LogP contribution in [0.2, 0.25) is 0 Å². The van der Waals surface area contributed by atoms with Gasteiger partial charge in [-0.3, -0.25) is 4.79 Å². The molecule has 3 heteroatoms. The maximum absolute atomic E-state index is 13.6. The molecule has 2 aromatic carbocycles. The Balaban J connectivity index is 1.60. The number of Topliss-reactive ketones (excluding diaryl/α,β-unsaturated/α-hetero) is 1. The fraction of sp³-hybridized carbons (Fsp3) is 0.444. The predicted octanol–water partition coefficient (Wildman–Crippen LogP) is 5.47. The van der Waals surface area contributed by atoms with Crippen LogP contribution >= 0.6 is 0 Å². The van der Waals surface area contributed by atoms with Crippen molar-refractivity contribution in [3.63, 3.8) is 0 Å². The van der Waals surface area contributed by atoms with Crippen LogP contribution in [0.25, 0.3) is 5.57 Å². The predicted molar refractivity (Wildman–Crippen MR) is 119 cm³/mol. The Bertz CT molecular complexity index is 1040. The van der Waals surface area contributed by atoms with Crippen molar-refractivity contribution in [1.29, 1.82) is 0 Å². The fourth-order valence-electron chi connectivity index (χ4n) is 6.15. The van der Waals surface area contributed by atoms with Crippen LogP contribution in [-0.4, -0.2) is 23.1 Å². The molecule has 1 aliphatic carbocycles. The van der Waals surface area contributed by atoms with E-state index >= 15 is 0 Å². The first-order valence-electron chi connectivity index (χ1n) is 11.3. The zero-order chi connectivity index (χ0) is 21.2. The number of ketones is 1. The second-order valence-corrected chi connectivity index (χ2v) is 9.24. The van der Waals surface area contributed by atoms with Crippen LogP contribution in [0.3, 0.4) is 0 Å². The van der Waals surface area contributed by atoms with Gasteiger partial charge in [-0.1, -0.05) is 61.4 Å². The van der Waals surface area contributed by atoms with Crippen LogP contribution in [0.5, 0.6) is 0 Å². The van der Waals surface area contributed by atoms with Crippen molar-refractivity contribution in [2.24, 2.45) is 11.8 Å². The summed E-state index contributed by atoms with van der Waals surface area (Å²) in [6, 6.07) is 12.9. The number of hydrogen-bond donors (Lipinski definition) is 1. The average molecular weight is 403 g/mol. The van der Waals surface area contributed by atoms with Gasteiger partial charge in [0.2, 0.25) is 0 Å². The summed E-state index contributed by atoms with van der Waals surface area (Å²) in [4.78, 5) is 13.6. The molecule has 3 nitrogen and oxygen atoms in total. The minimum absolute atomic E-state index is 0.0842. The van der Waals surface area contributed by atoms with E-state index in [9.17, 15) is 9.90 Å². The molecule has 2 aliphatic heterocycles. The molecule has 0 saturated carbocycles. The molecule has 156 valence electrons. The summed E-state index contributed by atoms with van der Waals surface area (Å²) < 4.78 is 6.29. The fourth-order valence-corrected chi connectivity index (χ4v) is 6.15. The number of carbonyl (C=O) groups is 1. The molecular weight excluding hydrogens is 372 g/mol. The number of benzene rings is 2. The lowest BCUT2D eigenvalue weighted by molar-refractivity contribution is -0.118. The van der Waals surface area contributed by atoms with Crippen LogP contribution in [0, 0.1) is 25.7 Å². The first-order chi connectivity index (χ1) is 14.4. The van der Waals surface area contributed by atoms with Crippen LogP contribution in [0.1, 0.15) is 59.6 Å². The van der Waals surface area contributed by atoms with Gasteiger partial charge in [-0.05, 0) is 55.4 Å². The van der Waals surface area contributed by atoms with Gasteiger partial charge in [0.15, 0.2) is 5.78 Å². The molecule has 2 saturated heterocycles. The molecule has 30 heavy (non-hydrogen) atoms. The molecule has 0 spiro atoms. The topological polar surface area (TPSA) is 46.5 Å². The molecule has 2 heterocycles. The Morgan fingerprint density at radius 2 is 1.70 bits per heavy atom. The van der Waals surface area contributed by atoms with Gasteiger partial charge in [0.05, 0.1) is 29.6 Å². The van der Waals surface area contributed by atoms with Gasteiger partial charge in [-0.2, -0.15) is 0 Å². The number of ether oxygens (including phenoxy) is 1. The van der Waals surface area contributed by atoms with E-state index in [1.54, 1.807) is 0 Å². The first kappa shape index (κ1) is 19.6. The number of hydrogen-bond acceptors (Lipinski definition) is 3. The van der Waals surface area contributed by atoms with E-state index in [4.69, 9.17) is 4.74 Å². The Hall–Kier alpha value is -2.39. The van der Waals surface area contributed by atoms with E-state index < -0.39 is 0 Å². The molecule has 1 N–H and O–H groups in total. The van der Waals surface area contributed by atoms with E-state index in [2.05, 4.69) is 64.1 Å². The Morgan fingerprint density at radius 1 is 1.00 bits per heavy atom. The summed E-state index contributed by atoms with van der Waals surface area (Å²) in [7, 11) is 0. The average Bonchev–Trinajstić information content (AvgIpc) is 3.39. The molecule has 3 aliphatic rings. The highest BCUT2D eigenvalue weighted by Crippen LogP contribution is 2.58. The van der Waals surface area contributed by atoms with Crippen LogP contribution in [-0.2, 0) is 22.4 Å². The maximum Gasteiger partial charge on any atom is 0.173 e. The van der Waals surface area contributed by atoms with E-state index in [1.807, 2.05) is 0 Å². The highest BCUT2D eigenvalue weighted by Gasteiger charge is 2.62. The lowest BCUT2D eigenvalue weighted by atomic mass is 9.72. The summed E-state index contributed by atoms with van der Waals surface area (Å²) in [5.41, 5.74) is 7.57. The third-order valence-electron chi connectivity index (χ3n) is 7.41. The van der Waals surface area contributed by atoms with Crippen molar-refractivity contribution in [1.82, 2.24) is 0 Å². The van der Waals surface area contributed by atoms with Gasteiger partial charge in [0, 0.05) is 5.92 Å². The van der Waals surface area contributed by atoms with Gasteiger partial charge in [-0.15, -0.1) is 0 Å². The highest BCUT2D eigenvalue weighted by molar-refractivity contribution is 6.26. The Labute approximate surface area is 178 Å². The lowest BCUT2D eigenvalue weighted by Crippen LogP contribution is -2.33. The number of rotatable bonds is 4.